The van der Waals surface area contributed by atoms with Crippen LogP contribution in [0.25, 0.3) is 11.3 Å². The van der Waals surface area contributed by atoms with Crippen LogP contribution in [0.3, 0.4) is 0 Å². The molecule has 2 aromatic rings. The summed E-state index contributed by atoms with van der Waals surface area (Å²) < 4.78 is 9.91. The van der Waals surface area contributed by atoms with E-state index in [0.717, 1.165) is 0 Å². The molecule has 1 aromatic carbocycles. The van der Waals surface area contributed by atoms with Crippen LogP contribution in [0.4, 0.5) is 0 Å². The highest BCUT2D eigenvalue weighted by Gasteiger charge is 2.22. The van der Waals surface area contributed by atoms with Gasteiger partial charge < -0.3 is 24.5 Å². The molecule has 7 heteroatoms. The molecular weight excluding hydrogens is 316 g/mol. The van der Waals surface area contributed by atoms with Crippen molar-refractivity contribution < 1.29 is 34.1 Å². The maximum Gasteiger partial charge on any atom is 0.371 e. The number of rotatable bonds is 7. The quantitative estimate of drug-likeness (QED) is 0.663. The Labute approximate surface area is 138 Å². The summed E-state index contributed by atoms with van der Waals surface area (Å²) in [4.78, 5) is 22.1. The van der Waals surface area contributed by atoms with Crippen molar-refractivity contribution in [3.8, 4) is 11.3 Å². The minimum absolute atomic E-state index is 0.168. The van der Waals surface area contributed by atoms with E-state index in [-0.39, 0.29) is 18.8 Å². The molecule has 0 saturated carbocycles. The van der Waals surface area contributed by atoms with Gasteiger partial charge in [-0.25, -0.2) is 4.79 Å². The zero-order chi connectivity index (χ0) is 17.7. The lowest BCUT2D eigenvalue weighted by atomic mass is 10.0. The molecule has 0 bridgehead atoms. The molecule has 24 heavy (non-hydrogen) atoms. The molecule has 0 radical (unpaired) electrons. The second-order valence-electron chi connectivity index (χ2n) is 5.11. The highest BCUT2D eigenvalue weighted by atomic mass is 16.5. The third-order valence-electron chi connectivity index (χ3n) is 3.40. The Bertz CT molecular complexity index is 702. The highest BCUT2D eigenvalue weighted by molar-refractivity contribution is 5.85. The van der Waals surface area contributed by atoms with Crippen molar-refractivity contribution in [2.75, 3.05) is 6.61 Å². The SMILES string of the molecule is CCOC(=O)CC(O)C(O)c1ccc(-c2ccc(C(=O)O)o2)cc1. The smallest absolute Gasteiger partial charge is 0.371 e. The van der Waals surface area contributed by atoms with Crippen LogP contribution in [0, 0.1) is 0 Å². The van der Waals surface area contributed by atoms with Gasteiger partial charge in [-0.1, -0.05) is 24.3 Å². The Balaban J connectivity index is 2.07. The number of carbonyl (C=O) groups is 2. The minimum Gasteiger partial charge on any atom is -0.475 e. The zero-order valence-corrected chi connectivity index (χ0v) is 13.0. The van der Waals surface area contributed by atoms with Crippen molar-refractivity contribution in [3.05, 3.63) is 47.7 Å². The van der Waals surface area contributed by atoms with Crippen molar-refractivity contribution in [1.82, 2.24) is 0 Å². The molecular formula is C17H18O7. The zero-order valence-electron chi connectivity index (χ0n) is 13.0. The lowest BCUT2D eigenvalue weighted by Crippen LogP contribution is -2.23. The fourth-order valence-corrected chi connectivity index (χ4v) is 2.18. The number of esters is 1. The lowest BCUT2D eigenvalue weighted by molar-refractivity contribution is -0.147. The molecule has 128 valence electrons. The largest absolute Gasteiger partial charge is 0.475 e. The molecule has 7 nitrogen and oxygen atoms in total. The lowest BCUT2D eigenvalue weighted by Gasteiger charge is -2.17. The van der Waals surface area contributed by atoms with Gasteiger partial charge in [-0.2, -0.15) is 0 Å². The van der Waals surface area contributed by atoms with E-state index in [1.807, 2.05) is 0 Å². The van der Waals surface area contributed by atoms with Crippen LogP contribution < -0.4 is 0 Å². The van der Waals surface area contributed by atoms with Gasteiger partial charge in [0.1, 0.15) is 11.9 Å². The number of carboxylic acid groups (broad SMARTS) is 1. The molecule has 0 aliphatic rings. The van der Waals surface area contributed by atoms with Gasteiger partial charge in [-0.15, -0.1) is 0 Å². The first kappa shape index (κ1) is 17.7. The van der Waals surface area contributed by atoms with Crippen LogP contribution in [0.1, 0.15) is 35.6 Å². The average Bonchev–Trinajstić information content (AvgIpc) is 3.04. The van der Waals surface area contributed by atoms with E-state index in [9.17, 15) is 19.8 Å². The van der Waals surface area contributed by atoms with Crippen molar-refractivity contribution >= 4 is 11.9 Å². The number of hydrogen-bond acceptors (Lipinski definition) is 6. The standard InChI is InChI=1S/C17H18O7/c1-2-23-15(19)9-12(18)16(20)11-5-3-10(4-6-11)13-7-8-14(24-13)17(21)22/h3-8,12,16,18,20H,2,9H2,1H3,(H,21,22). The number of aliphatic hydroxyl groups excluding tert-OH is 2. The summed E-state index contributed by atoms with van der Waals surface area (Å²) in [5.41, 5.74) is 1.04. The third kappa shape index (κ3) is 4.21. The van der Waals surface area contributed by atoms with Gasteiger partial charge in [0.2, 0.25) is 5.76 Å². The summed E-state index contributed by atoms with van der Waals surface area (Å²) in [6, 6.07) is 9.27. The number of benzene rings is 1. The van der Waals surface area contributed by atoms with Gasteiger partial charge in [-0.3, -0.25) is 4.79 Å². The van der Waals surface area contributed by atoms with Gasteiger partial charge in [0.25, 0.3) is 0 Å². The van der Waals surface area contributed by atoms with Crippen LogP contribution in [0.5, 0.6) is 0 Å². The van der Waals surface area contributed by atoms with E-state index in [1.54, 1.807) is 31.2 Å². The maximum atomic E-state index is 11.3. The fraction of sp³-hybridized carbons (Fsp3) is 0.294. The Morgan fingerprint density at radius 1 is 1.12 bits per heavy atom. The number of aromatic carboxylic acids is 1. The number of carboxylic acids is 1. The van der Waals surface area contributed by atoms with Crippen LogP contribution in [-0.2, 0) is 9.53 Å². The van der Waals surface area contributed by atoms with Crippen LogP contribution in [0.15, 0.2) is 40.8 Å². The summed E-state index contributed by atoms with van der Waals surface area (Å²) in [5, 5.41) is 28.8. The van der Waals surface area contributed by atoms with E-state index in [0.29, 0.717) is 16.9 Å². The van der Waals surface area contributed by atoms with E-state index < -0.39 is 24.1 Å². The Morgan fingerprint density at radius 2 is 1.79 bits per heavy atom. The molecule has 2 rings (SSSR count). The van der Waals surface area contributed by atoms with Crippen LogP contribution in [-0.4, -0.2) is 40.0 Å². The third-order valence-corrected chi connectivity index (χ3v) is 3.40. The molecule has 2 unspecified atom stereocenters. The van der Waals surface area contributed by atoms with E-state index in [1.165, 1.54) is 12.1 Å². The van der Waals surface area contributed by atoms with Gasteiger partial charge in [-0.05, 0) is 24.6 Å². The molecule has 0 spiro atoms. The van der Waals surface area contributed by atoms with Crippen molar-refractivity contribution in [3.63, 3.8) is 0 Å². The summed E-state index contributed by atoms with van der Waals surface area (Å²) in [6.45, 7) is 1.86. The maximum absolute atomic E-state index is 11.3. The normalized spacial score (nSPS) is 13.3. The molecule has 2 atom stereocenters. The first-order valence-electron chi connectivity index (χ1n) is 7.37. The summed E-state index contributed by atoms with van der Waals surface area (Å²) in [6.07, 6.45) is -2.83. The highest BCUT2D eigenvalue weighted by Crippen LogP contribution is 2.26. The fourth-order valence-electron chi connectivity index (χ4n) is 2.18. The monoisotopic (exact) mass is 334 g/mol. The topological polar surface area (TPSA) is 117 Å². The average molecular weight is 334 g/mol. The first-order chi connectivity index (χ1) is 11.4. The molecule has 0 aliphatic carbocycles. The number of aliphatic hydroxyl groups is 2. The Hall–Kier alpha value is -2.64. The van der Waals surface area contributed by atoms with Gasteiger partial charge in [0.05, 0.1) is 19.1 Å². The van der Waals surface area contributed by atoms with Crippen LogP contribution >= 0.6 is 0 Å². The number of ether oxygens (including phenoxy) is 1. The van der Waals surface area contributed by atoms with Crippen molar-refractivity contribution in [1.29, 1.82) is 0 Å². The molecule has 0 saturated heterocycles. The van der Waals surface area contributed by atoms with E-state index >= 15 is 0 Å². The predicted molar refractivity (Wildman–Crippen MR) is 83.3 cm³/mol. The molecule has 0 aliphatic heterocycles. The summed E-state index contributed by atoms with van der Waals surface area (Å²) >= 11 is 0. The molecule has 0 fully saturated rings. The van der Waals surface area contributed by atoms with Gasteiger partial charge in [0, 0.05) is 5.56 Å². The van der Waals surface area contributed by atoms with Crippen LogP contribution in [0.2, 0.25) is 0 Å². The summed E-state index contributed by atoms with van der Waals surface area (Å²) in [7, 11) is 0. The van der Waals surface area contributed by atoms with E-state index in [2.05, 4.69) is 0 Å². The number of furan rings is 1. The first-order valence-corrected chi connectivity index (χ1v) is 7.37. The molecule has 1 aromatic heterocycles. The second kappa shape index (κ2) is 7.76. The Kier molecular flexibility index (Phi) is 5.73. The predicted octanol–water partition coefficient (Wildman–Crippen LogP) is 1.99. The Morgan fingerprint density at radius 3 is 2.33 bits per heavy atom. The molecule has 3 N–H and O–H groups in total. The number of carbonyl (C=O) groups excluding carboxylic acids is 1. The minimum atomic E-state index is -1.28. The van der Waals surface area contributed by atoms with Gasteiger partial charge in [0.15, 0.2) is 0 Å². The second-order valence-corrected chi connectivity index (χ2v) is 5.11. The molecule has 1 heterocycles. The van der Waals surface area contributed by atoms with Crippen molar-refractivity contribution in [2.45, 2.75) is 25.6 Å². The van der Waals surface area contributed by atoms with Gasteiger partial charge >= 0.3 is 11.9 Å². The summed E-state index contributed by atoms with van der Waals surface area (Å²) in [5.74, 6) is -1.53. The molecule has 0 amide bonds. The number of hydrogen-bond donors (Lipinski definition) is 3. The van der Waals surface area contributed by atoms with Crippen molar-refractivity contribution in [2.24, 2.45) is 0 Å². The van der Waals surface area contributed by atoms with E-state index in [4.69, 9.17) is 14.3 Å².